The molecule has 0 aliphatic heterocycles. The Morgan fingerprint density at radius 3 is 2.67 bits per heavy atom. The van der Waals surface area contributed by atoms with Crippen LogP contribution in [0, 0.1) is 0 Å². The molecule has 0 fully saturated rings. The van der Waals surface area contributed by atoms with Gasteiger partial charge in [0.15, 0.2) is 0 Å². The monoisotopic (exact) mass is 261 g/mol. The summed E-state index contributed by atoms with van der Waals surface area (Å²) in [6, 6.07) is 14.4. The fourth-order valence-electron chi connectivity index (χ4n) is 2.08. The van der Waals surface area contributed by atoms with Crippen molar-refractivity contribution in [3.8, 4) is 0 Å². The van der Waals surface area contributed by atoms with Crippen molar-refractivity contribution in [2.24, 2.45) is 5.73 Å². The summed E-state index contributed by atoms with van der Waals surface area (Å²) in [6.07, 6.45) is 0.817. The van der Waals surface area contributed by atoms with Crippen molar-refractivity contribution in [1.29, 1.82) is 0 Å². The van der Waals surface area contributed by atoms with Crippen molar-refractivity contribution in [3.05, 3.63) is 48.0 Å². The highest BCUT2D eigenvalue weighted by atomic mass is 32.2. The Morgan fingerprint density at radius 2 is 1.89 bits per heavy atom. The SMILES string of the molecule is CC(CCN)S(=O)Cc1cccc2ccccc12. The molecular weight excluding hydrogens is 242 g/mol. The second kappa shape index (κ2) is 6.12. The molecular formula is C15H19NOS. The number of hydrogen-bond acceptors (Lipinski definition) is 2. The fraction of sp³-hybridized carbons (Fsp3) is 0.333. The van der Waals surface area contributed by atoms with E-state index in [1.165, 1.54) is 10.8 Å². The molecule has 0 amide bonds. The van der Waals surface area contributed by atoms with Gasteiger partial charge in [-0.25, -0.2) is 0 Å². The summed E-state index contributed by atoms with van der Waals surface area (Å²) in [4.78, 5) is 0. The zero-order valence-corrected chi connectivity index (χ0v) is 11.5. The third-order valence-electron chi connectivity index (χ3n) is 3.20. The lowest BCUT2D eigenvalue weighted by molar-refractivity contribution is 0.665. The summed E-state index contributed by atoms with van der Waals surface area (Å²) >= 11 is 0. The third-order valence-corrected chi connectivity index (χ3v) is 4.93. The van der Waals surface area contributed by atoms with Gasteiger partial charge in [0.25, 0.3) is 0 Å². The fourth-order valence-corrected chi connectivity index (χ4v) is 3.32. The van der Waals surface area contributed by atoms with Crippen LogP contribution in [-0.4, -0.2) is 16.0 Å². The number of fused-ring (bicyclic) bond motifs is 1. The van der Waals surface area contributed by atoms with Gasteiger partial charge in [0.1, 0.15) is 0 Å². The molecule has 0 saturated carbocycles. The molecule has 0 bridgehead atoms. The molecule has 2 nitrogen and oxygen atoms in total. The van der Waals surface area contributed by atoms with Crippen molar-refractivity contribution >= 4 is 21.6 Å². The minimum atomic E-state index is -0.852. The molecule has 2 aromatic carbocycles. The Hall–Kier alpha value is -1.19. The lowest BCUT2D eigenvalue weighted by atomic mass is 10.1. The maximum Gasteiger partial charge on any atom is 0.0494 e. The van der Waals surface area contributed by atoms with Gasteiger partial charge in [0.05, 0.1) is 0 Å². The summed E-state index contributed by atoms with van der Waals surface area (Å²) in [5.74, 6) is 0.614. The second-order valence-corrected chi connectivity index (χ2v) is 6.41. The zero-order valence-electron chi connectivity index (χ0n) is 10.6. The van der Waals surface area contributed by atoms with E-state index in [9.17, 15) is 4.21 Å². The first-order valence-corrected chi connectivity index (χ1v) is 7.64. The quantitative estimate of drug-likeness (QED) is 0.899. The van der Waals surface area contributed by atoms with Crippen molar-refractivity contribution < 1.29 is 4.21 Å². The number of rotatable bonds is 5. The first-order chi connectivity index (χ1) is 8.72. The van der Waals surface area contributed by atoms with Crippen molar-refractivity contribution in [2.75, 3.05) is 6.54 Å². The molecule has 0 aliphatic rings. The summed E-state index contributed by atoms with van der Waals surface area (Å²) < 4.78 is 12.2. The third kappa shape index (κ3) is 2.98. The van der Waals surface area contributed by atoms with Gasteiger partial charge >= 0.3 is 0 Å². The minimum Gasteiger partial charge on any atom is -0.330 e. The maximum absolute atomic E-state index is 12.2. The highest BCUT2D eigenvalue weighted by Crippen LogP contribution is 2.20. The highest BCUT2D eigenvalue weighted by molar-refractivity contribution is 7.84. The minimum absolute atomic E-state index is 0.161. The molecule has 18 heavy (non-hydrogen) atoms. The Morgan fingerprint density at radius 1 is 1.17 bits per heavy atom. The number of benzene rings is 2. The van der Waals surface area contributed by atoms with Crippen LogP contribution in [0.2, 0.25) is 0 Å². The first-order valence-electron chi connectivity index (χ1n) is 6.26. The molecule has 0 saturated heterocycles. The van der Waals surface area contributed by atoms with Crippen LogP contribution < -0.4 is 5.73 Å². The van der Waals surface area contributed by atoms with E-state index < -0.39 is 10.8 Å². The topological polar surface area (TPSA) is 43.1 Å². The molecule has 0 spiro atoms. The van der Waals surface area contributed by atoms with Crippen molar-refractivity contribution in [3.63, 3.8) is 0 Å². The molecule has 0 heterocycles. The van der Waals surface area contributed by atoms with Crippen LogP contribution in [-0.2, 0) is 16.6 Å². The first kappa shape index (κ1) is 13.2. The molecule has 0 aliphatic carbocycles. The molecule has 3 heteroatoms. The second-order valence-electron chi connectivity index (χ2n) is 4.55. The molecule has 2 rings (SSSR count). The van der Waals surface area contributed by atoms with Crippen LogP contribution in [0.25, 0.3) is 10.8 Å². The van der Waals surface area contributed by atoms with Crippen LogP contribution in [0.1, 0.15) is 18.9 Å². The average Bonchev–Trinajstić information content (AvgIpc) is 2.39. The standard InChI is InChI=1S/C15H19NOS/c1-12(9-10-16)18(17)11-14-7-4-6-13-5-2-3-8-15(13)14/h2-8,12H,9-11,16H2,1H3. The van der Waals surface area contributed by atoms with Gasteiger partial charge in [-0.2, -0.15) is 0 Å². The van der Waals surface area contributed by atoms with E-state index in [2.05, 4.69) is 24.3 Å². The smallest absolute Gasteiger partial charge is 0.0494 e. The Kier molecular flexibility index (Phi) is 4.50. The summed E-state index contributed by atoms with van der Waals surface area (Å²) in [7, 11) is -0.852. The van der Waals surface area contributed by atoms with E-state index in [0.717, 1.165) is 12.0 Å². The van der Waals surface area contributed by atoms with Gasteiger partial charge in [0, 0.05) is 21.8 Å². The van der Waals surface area contributed by atoms with Crippen LogP contribution in [0.4, 0.5) is 0 Å². The van der Waals surface area contributed by atoms with Crippen LogP contribution >= 0.6 is 0 Å². The van der Waals surface area contributed by atoms with E-state index in [4.69, 9.17) is 5.73 Å². The molecule has 2 atom stereocenters. The van der Waals surface area contributed by atoms with Crippen molar-refractivity contribution in [2.45, 2.75) is 24.3 Å². The van der Waals surface area contributed by atoms with Gasteiger partial charge in [-0.1, -0.05) is 49.4 Å². The van der Waals surface area contributed by atoms with Gasteiger partial charge in [-0.05, 0) is 29.3 Å². The van der Waals surface area contributed by atoms with Crippen molar-refractivity contribution in [1.82, 2.24) is 0 Å². The molecule has 2 N–H and O–H groups in total. The summed E-state index contributed by atoms with van der Waals surface area (Å²) in [5, 5.41) is 2.57. The highest BCUT2D eigenvalue weighted by Gasteiger charge is 2.12. The number of nitrogens with two attached hydrogens (primary N) is 1. The lowest BCUT2D eigenvalue weighted by Gasteiger charge is -2.11. The Bertz CT molecular complexity index is 548. The molecule has 96 valence electrons. The normalized spacial score (nSPS) is 14.6. The predicted octanol–water partition coefficient (Wildman–Crippen LogP) is 2.83. The van der Waals surface area contributed by atoms with E-state index in [1.54, 1.807) is 0 Å². The summed E-state index contributed by atoms with van der Waals surface area (Å²) in [6.45, 7) is 2.61. The van der Waals surface area contributed by atoms with Crippen LogP contribution in [0.15, 0.2) is 42.5 Å². The molecule has 2 unspecified atom stereocenters. The van der Waals surface area contributed by atoms with E-state index in [1.807, 2.05) is 25.1 Å². The average molecular weight is 261 g/mol. The van der Waals surface area contributed by atoms with Crippen LogP contribution in [0.5, 0.6) is 0 Å². The van der Waals surface area contributed by atoms with Gasteiger partial charge in [-0.15, -0.1) is 0 Å². The van der Waals surface area contributed by atoms with Gasteiger partial charge < -0.3 is 5.73 Å². The zero-order chi connectivity index (χ0) is 13.0. The Balaban J connectivity index is 2.24. The van der Waals surface area contributed by atoms with Crippen LogP contribution in [0.3, 0.4) is 0 Å². The number of hydrogen-bond donors (Lipinski definition) is 1. The van der Waals surface area contributed by atoms with E-state index in [-0.39, 0.29) is 5.25 Å². The summed E-state index contributed by atoms with van der Waals surface area (Å²) in [5.41, 5.74) is 6.68. The molecule has 2 aromatic rings. The maximum atomic E-state index is 12.2. The molecule has 0 radical (unpaired) electrons. The predicted molar refractivity (Wildman–Crippen MR) is 78.9 cm³/mol. The largest absolute Gasteiger partial charge is 0.330 e. The molecule has 0 aromatic heterocycles. The van der Waals surface area contributed by atoms with Gasteiger partial charge in [-0.3, -0.25) is 4.21 Å². The van der Waals surface area contributed by atoms with E-state index >= 15 is 0 Å². The van der Waals surface area contributed by atoms with Gasteiger partial charge in [0.2, 0.25) is 0 Å². The van der Waals surface area contributed by atoms with E-state index in [0.29, 0.717) is 12.3 Å². The lowest BCUT2D eigenvalue weighted by Crippen LogP contribution is -2.17. The Labute approximate surface area is 111 Å².